The highest BCUT2D eigenvalue weighted by Gasteiger charge is 2.34. The smallest absolute Gasteiger partial charge is 0.320 e. The van der Waals surface area contributed by atoms with Gasteiger partial charge >= 0.3 is 6.03 Å². The molecule has 2 saturated heterocycles. The van der Waals surface area contributed by atoms with Gasteiger partial charge in [-0.2, -0.15) is 0 Å². The number of hydrogen-bond donors (Lipinski definition) is 0. The van der Waals surface area contributed by atoms with Crippen molar-refractivity contribution >= 4 is 16.8 Å². The van der Waals surface area contributed by atoms with Crippen LogP contribution in [0.4, 0.5) is 4.79 Å². The number of rotatable bonds is 6. The van der Waals surface area contributed by atoms with Gasteiger partial charge in [-0.3, -0.25) is 4.21 Å². The molecule has 1 atom stereocenters. The molecule has 0 spiro atoms. The first kappa shape index (κ1) is 17.4. The zero-order valence-electron chi connectivity index (χ0n) is 14.4. The molecule has 0 saturated carbocycles. The standard InChI is InChI=1S/C18H27N3O2S/c1-2-20-12-13-21(18(20)22)16-8-10-19(11-9-16)14-15-24(23)17-6-4-3-5-7-17/h3-7,16H,2,8-15H2,1H3. The van der Waals surface area contributed by atoms with E-state index in [2.05, 4.69) is 9.80 Å². The molecule has 0 N–H and O–H groups in total. The van der Waals surface area contributed by atoms with Crippen LogP contribution in [0.1, 0.15) is 19.8 Å². The van der Waals surface area contributed by atoms with Gasteiger partial charge in [0.15, 0.2) is 0 Å². The van der Waals surface area contributed by atoms with Crippen LogP contribution < -0.4 is 0 Å². The molecule has 2 heterocycles. The van der Waals surface area contributed by atoms with E-state index in [1.165, 1.54) is 0 Å². The lowest BCUT2D eigenvalue weighted by molar-refractivity contribution is 0.133. The van der Waals surface area contributed by atoms with E-state index in [0.29, 0.717) is 11.8 Å². The number of carbonyl (C=O) groups excluding carboxylic acids is 1. The summed E-state index contributed by atoms with van der Waals surface area (Å²) in [7, 11) is -0.920. The molecule has 6 heteroatoms. The number of nitrogens with zero attached hydrogens (tertiary/aromatic N) is 3. The molecule has 0 aliphatic carbocycles. The van der Waals surface area contributed by atoms with E-state index in [9.17, 15) is 9.00 Å². The normalized spacial score (nSPS) is 21.5. The summed E-state index contributed by atoms with van der Waals surface area (Å²) in [5.41, 5.74) is 0. The van der Waals surface area contributed by atoms with Crippen LogP contribution in [0.2, 0.25) is 0 Å². The second-order valence-corrected chi connectivity index (χ2v) is 8.06. The van der Waals surface area contributed by atoms with Gasteiger partial charge in [0.05, 0.1) is 10.8 Å². The summed E-state index contributed by atoms with van der Waals surface area (Å²) in [6.45, 7) is 7.43. The van der Waals surface area contributed by atoms with Gasteiger partial charge in [-0.25, -0.2) is 4.79 Å². The number of benzene rings is 1. The Bertz CT molecular complexity index is 573. The Morgan fingerprint density at radius 3 is 2.42 bits per heavy atom. The zero-order valence-corrected chi connectivity index (χ0v) is 15.2. The van der Waals surface area contributed by atoms with Crippen molar-refractivity contribution in [1.82, 2.24) is 14.7 Å². The molecule has 24 heavy (non-hydrogen) atoms. The quantitative estimate of drug-likeness (QED) is 0.789. The van der Waals surface area contributed by atoms with Crippen molar-refractivity contribution in [3.63, 3.8) is 0 Å². The number of urea groups is 1. The van der Waals surface area contributed by atoms with Gasteiger partial charge < -0.3 is 14.7 Å². The Kier molecular flexibility index (Phi) is 5.89. The van der Waals surface area contributed by atoms with Crippen LogP contribution in [-0.4, -0.2) is 76.0 Å². The molecule has 2 aliphatic heterocycles. The van der Waals surface area contributed by atoms with Gasteiger partial charge in [0.1, 0.15) is 0 Å². The molecular formula is C18H27N3O2S. The molecule has 2 fully saturated rings. The summed E-state index contributed by atoms with van der Waals surface area (Å²) in [4.78, 5) is 19.6. The van der Waals surface area contributed by atoms with Crippen LogP contribution in [0, 0.1) is 0 Å². The first-order valence-electron chi connectivity index (χ1n) is 8.90. The van der Waals surface area contributed by atoms with Crippen LogP contribution >= 0.6 is 0 Å². The molecule has 0 aromatic heterocycles. The van der Waals surface area contributed by atoms with Crippen molar-refractivity contribution in [2.45, 2.75) is 30.7 Å². The number of hydrogen-bond acceptors (Lipinski definition) is 3. The predicted octanol–water partition coefficient (Wildman–Crippen LogP) is 2.02. The molecule has 1 aromatic carbocycles. The molecule has 2 amide bonds. The van der Waals surface area contributed by atoms with Crippen LogP contribution in [0.15, 0.2) is 35.2 Å². The third kappa shape index (κ3) is 3.98. The lowest BCUT2D eigenvalue weighted by Gasteiger charge is -2.36. The number of piperidine rings is 1. The fourth-order valence-corrected chi connectivity index (χ4v) is 4.71. The Labute approximate surface area is 147 Å². The average Bonchev–Trinajstić information content (AvgIpc) is 3.01. The second kappa shape index (κ2) is 8.12. The molecule has 1 aromatic rings. The van der Waals surface area contributed by atoms with E-state index in [1.807, 2.05) is 42.2 Å². The van der Waals surface area contributed by atoms with E-state index in [4.69, 9.17) is 0 Å². The minimum Gasteiger partial charge on any atom is -0.323 e. The number of likely N-dealkylation sites (N-methyl/N-ethyl adjacent to an activating group) is 1. The molecule has 5 nitrogen and oxygen atoms in total. The molecule has 0 radical (unpaired) electrons. The van der Waals surface area contributed by atoms with E-state index < -0.39 is 10.8 Å². The minimum absolute atomic E-state index is 0.209. The fourth-order valence-electron chi connectivity index (χ4n) is 3.59. The third-order valence-corrected chi connectivity index (χ3v) is 6.46. The van der Waals surface area contributed by atoms with E-state index >= 15 is 0 Å². The lowest BCUT2D eigenvalue weighted by Crippen LogP contribution is -2.47. The third-order valence-electron chi connectivity index (χ3n) is 5.11. The monoisotopic (exact) mass is 349 g/mol. The SMILES string of the molecule is CCN1CCN(C2CCN(CCS(=O)c3ccccc3)CC2)C1=O. The highest BCUT2D eigenvalue weighted by molar-refractivity contribution is 7.85. The Morgan fingerprint density at radius 2 is 1.79 bits per heavy atom. The maximum absolute atomic E-state index is 12.3. The highest BCUT2D eigenvalue weighted by atomic mass is 32.2. The van der Waals surface area contributed by atoms with Gasteiger partial charge in [-0.05, 0) is 31.9 Å². The van der Waals surface area contributed by atoms with Crippen molar-refractivity contribution in [3.05, 3.63) is 30.3 Å². The zero-order chi connectivity index (χ0) is 16.9. The molecule has 2 aliphatic rings. The van der Waals surface area contributed by atoms with Gasteiger partial charge in [0.25, 0.3) is 0 Å². The van der Waals surface area contributed by atoms with Crippen molar-refractivity contribution in [1.29, 1.82) is 0 Å². The first-order chi connectivity index (χ1) is 11.7. The van der Waals surface area contributed by atoms with Crippen LogP contribution in [0.5, 0.6) is 0 Å². The number of amides is 2. The van der Waals surface area contributed by atoms with Gasteiger partial charge in [0.2, 0.25) is 0 Å². The topological polar surface area (TPSA) is 43.9 Å². The molecule has 1 unspecified atom stereocenters. The predicted molar refractivity (Wildman–Crippen MR) is 96.5 cm³/mol. The van der Waals surface area contributed by atoms with E-state index in [-0.39, 0.29) is 6.03 Å². The molecule has 0 bridgehead atoms. The average molecular weight is 350 g/mol. The van der Waals surface area contributed by atoms with Crippen molar-refractivity contribution in [3.8, 4) is 0 Å². The largest absolute Gasteiger partial charge is 0.323 e. The summed E-state index contributed by atoms with van der Waals surface area (Å²) in [6, 6.07) is 10.3. The number of carbonyl (C=O) groups is 1. The maximum atomic E-state index is 12.3. The van der Waals surface area contributed by atoms with Crippen molar-refractivity contribution in [2.75, 3.05) is 45.0 Å². The Balaban J connectivity index is 1.43. The second-order valence-electron chi connectivity index (χ2n) is 6.49. The first-order valence-corrected chi connectivity index (χ1v) is 10.2. The van der Waals surface area contributed by atoms with Crippen LogP contribution in [0.25, 0.3) is 0 Å². The van der Waals surface area contributed by atoms with Crippen molar-refractivity contribution in [2.24, 2.45) is 0 Å². The summed E-state index contributed by atoms with van der Waals surface area (Å²) < 4.78 is 12.3. The van der Waals surface area contributed by atoms with Crippen molar-refractivity contribution < 1.29 is 9.00 Å². The van der Waals surface area contributed by atoms with Crippen LogP contribution in [0.3, 0.4) is 0 Å². The Morgan fingerprint density at radius 1 is 1.08 bits per heavy atom. The van der Waals surface area contributed by atoms with Crippen LogP contribution in [-0.2, 0) is 10.8 Å². The minimum atomic E-state index is -0.920. The molecule has 132 valence electrons. The maximum Gasteiger partial charge on any atom is 0.320 e. The van der Waals surface area contributed by atoms with Gasteiger partial charge in [-0.1, -0.05) is 18.2 Å². The van der Waals surface area contributed by atoms with Gasteiger partial charge in [-0.15, -0.1) is 0 Å². The lowest BCUT2D eigenvalue weighted by atomic mass is 10.0. The summed E-state index contributed by atoms with van der Waals surface area (Å²) in [6.07, 6.45) is 2.06. The summed E-state index contributed by atoms with van der Waals surface area (Å²) >= 11 is 0. The number of likely N-dealkylation sites (tertiary alicyclic amines) is 1. The highest BCUT2D eigenvalue weighted by Crippen LogP contribution is 2.21. The molecule has 3 rings (SSSR count). The van der Waals surface area contributed by atoms with Gasteiger partial charge in [0, 0.05) is 56.0 Å². The fraction of sp³-hybridized carbons (Fsp3) is 0.611. The molecular weight excluding hydrogens is 322 g/mol. The Hall–Kier alpha value is -1.40. The summed E-state index contributed by atoms with van der Waals surface area (Å²) in [5.74, 6) is 0.681. The summed E-state index contributed by atoms with van der Waals surface area (Å²) in [5, 5.41) is 0. The van der Waals surface area contributed by atoms with E-state index in [1.54, 1.807) is 0 Å². The van der Waals surface area contributed by atoms with E-state index in [0.717, 1.165) is 57.0 Å².